The standard InChI is InChI=1S/C33H32ClFN2O3/c34-29-17-23(20-37-15-12-24(38)13-16-37)32(39-21-22-5-4-14-36-19-22)18-33(29)40-31-11-10-26-25(7-3-8-28(26)31)27-6-1-2-9-30(27)35/h1-9,14,17-19,24,31,38H,10-13,15-16,20-21H2/t31-/m0/s1. The summed E-state index contributed by atoms with van der Waals surface area (Å²) in [6, 6.07) is 20.6. The van der Waals surface area contributed by atoms with Crippen LogP contribution in [0, 0.1) is 5.82 Å². The van der Waals surface area contributed by atoms with Gasteiger partial charge < -0.3 is 14.6 Å². The van der Waals surface area contributed by atoms with Gasteiger partial charge in [0.25, 0.3) is 0 Å². The molecule has 40 heavy (non-hydrogen) atoms. The molecular formula is C33H32ClFN2O3. The fraction of sp³-hybridized carbons (Fsp3) is 0.303. The lowest BCUT2D eigenvalue weighted by atomic mass is 9.96. The van der Waals surface area contributed by atoms with Crippen LogP contribution in [0.15, 0.2) is 79.1 Å². The highest BCUT2D eigenvalue weighted by atomic mass is 35.5. The minimum Gasteiger partial charge on any atom is -0.488 e. The van der Waals surface area contributed by atoms with Gasteiger partial charge in [-0.1, -0.05) is 54.1 Å². The molecule has 2 aliphatic rings. The fourth-order valence-corrected chi connectivity index (χ4v) is 5.94. The SMILES string of the molecule is OC1CCN(Cc2cc(Cl)c(O[C@H]3CCc4c(-c5ccccc5F)cccc43)cc2OCc2cccnc2)CC1. The first-order chi connectivity index (χ1) is 19.5. The molecule has 6 rings (SSSR count). The van der Waals surface area contributed by atoms with Gasteiger partial charge in [-0.2, -0.15) is 0 Å². The monoisotopic (exact) mass is 558 g/mol. The van der Waals surface area contributed by atoms with Crippen molar-refractivity contribution < 1.29 is 19.0 Å². The molecule has 1 saturated heterocycles. The van der Waals surface area contributed by atoms with Gasteiger partial charge in [0.2, 0.25) is 0 Å². The summed E-state index contributed by atoms with van der Waals surface area (Å²) in [6.45, 7) is 2.69. The second kappa shape index (κ2) is 12.0. The van der Waals surface area contributed by atoms with Gasteiger partial charge in [-0.05, 0) is 60.6 Å². The quantitative estimate of drug-likeness (QED) is 0.249. The number of halogens is 2. The summed E-state index contributed by atoms with van der Waals surface area (Å²) in [4.78, 5) is 6.51. The summed E-state index contributed by atoms with van der Waals surface area (Å²) in [6.07, 6.45) is 6.21. The molecule has 2 heterocycles. The first-order valence-corrected chi connectivity index (χ1v) is 14.2. The molecule has 3 aromatic carbocycles. The van der Waals surface area contributed by atoms with E-state index in [0.29, 0.717) is 35.2 Å². The normalized spacial score (nSPS) is 17.5. The number of piperidine rings is 1. The summed E-state index contributed by atoms with van der Waals surface area (Å²) in [5.74, 6) is 1.06. The number of ether oxygens (including phenoxy) is 2. The van der Waals surface area contributed by atoms with Gasteiger partial charge in [-0.15, -0.1) is 0 Å². The molecule has 0 bridgehead atoms. The summed E-state index contributed by atoms with van der Waals surface area (Å²) in [5, 5.41) is 10.5. The molecule has 1 aromatic heterocycles. The smallest absolute Gasteiger partial charge is 0.142 e. The maximum absolute atomic E-state index is 14.6. The number of pyridine rings is 1. The van der Waals surface area contributed by atoms with E-state index < -0.39 is 0 Å². The van der Waals surface area contributed by atoms with Crippen LogP contribution in [0.1, 0.15) is 47.6 Å². The van der Waals surface area contributed by atoms with Crippen molar-refractivity contribution in [1.29, 1.82) is 0 Å². The molecule has 4 aromatic rings. The van der Waals surface area contributed by atoms with E-state index in [1.807, 2.05) is 48.5 Å². The largest absolute Gasteiger partial charge is 0.488 e. The third-order valence-electron chi connectivity index (χ3n) is 7.83. The van der Waals surface area contributed by atoms with Crippen molar-refractivity contribution in [3.63, 3.8) is 0 Å². The van der Waals surface area contributed by atoms with E-state index in [0.717, 1.165) is 66.6 Å². The number of likely N-dealkylation sites (tertiary alicyclic amines) is 1. The molecule has 206 valence electrons. The van der Waals surface area contributed by atoms with Crippen LogP contribution < -0.4 is 9.47 Å². The molecule has 5 nitrogen and oxygen atoms in total. The molecule has 1 fully saturated rings. The molecule has 1 atom stereocenters. The fourth-order valence-electron chi connectivity index (χ4n) is 5.71. The number of hydrogen-bond acceptors (Lipinski definition) is 5. The van der Waals surface area contributed by atoms with Crippen LogP contribution in [0.25, 0.3) is 11.1 Å². The summed E-state index contributed by atoms with van der Waals surface area (Å²) < 4.78 is 27.5. The van der Waals surface area contributed by atoms with Crippen molar-refractivity contribution in [3.05, 3.63) is 112 Å². The molecule has 1 aliphatic heterocycles. The summed E-state index contributed by atoms with van der Waals surface area (Å²) in [7, 11) is 0. The van der Waals surface area contributed by atoms with E-state index in [1.54, 1.807) is 18.5 Å². The van der Waals surface area contributed by atoms with Crippen LogP contribution >= 0.6 is 11.6 Å². The van der Waals surface area contributed by atoms with E-state index in [1.165, 1.54) is 6.07 Å². The highest BCUT2D eigenvalue weighted by Gasteiger charge is 2.28. The predicted octanol–water partition coefficient (Wildman–Crippen LogP) is 7.14. The Morgan fingerprint density at radius 3 is 2.58 bits per heavy atom. The number of nitrogens with zero attached hydrogens (tertiary/aromatic N) is 2. The average molecular weight is 559 g/mol. The Morgan fingerprint density at radius 2 is 1.77 bits per heavy atom. The lowest BCUT2D eigenvalue weighted by Crippen LogP contribution is -2.35. The van der Waals surface area contributed by atoms with Gasteiger partial charge >= 0.3 is 0 Å². The van der Waals surface area contributed by atoms with Crippen LogP contribution in [0.2, 0.25) is 5.02 Å². The Bertz CT molecular complexity index is 1470. The Labute approximate surface area is 239 Å². The number of aromatic nitrogens is 1. The Hall–Kier alpha value is -3.45. The van der Waals surface area contributed by atoms with Gasteiger partial charge in [0.1, 0.15) is 30.0 Å². The molecule has 7 heteroatoms. The van der Waals surface area contributed by atoms with Crippen LogP contribution in [-0.4, -0.2) is 34.2 Å². The average Bonchev–Trinajstić information content (AvgIpc) is 3.39. The van der Waals surface area contributed by atoms with E-state index in [9.17, 15) is 9.50 Å². The number of aliphatic hydroxyl groups excluding tert-OH is 1. The topological polar surface area (TPSA) is 54.8 Å². The van der Waals surface area contributed by atoms with Crippen LogP contribution in [-0.2, 0) is 19.6 Å². The summed E-state index contributed by atoms with van der Waals surface area (Å²) in [5.41, 5.74) is 5.65. The van der Waals surface area contributed by atoms with Crippen molar-refractivity contribution in [2.24, 2.45) is 0 Å². The lowest BCUT2D eigenvalue weighted by Gasteiger charge is -2.30. The zero-order valence-electron chi connectivity index (χ0n) is 22.2. The number of rotatable bonds is 8. The van der Waals surface area contributed by atoms with Gasteiger partial charge in [0, 0.05) is 54.8 Å². The van der Waals surface area contributed by atoms with Crippen LogP contribution in [0.3, 0.4) is 0 Å². The van der Waals surface area contributed by atoms with Crippen molar-refractivity contribution in [2.45, 2.75) is 51.0 Å². The molecular weight excluding hydrogens is 527 g/mol. The Kier molecular flexibility index (Phi) is 8.00. The molecule has 0 radical (unpaired) electrons. The van der Waals surface area contributed by atoms with Crippen molar-refractivity contribution in [2.75, 3.05) is 13.1 Å². The maximum Gasteiger partial charge on any atom is 0.142 e. The second-order valence-corrected chi connectivity index (χ2v) is 11.0. The Morgan fingerprint density at radius 1 is 0.950 bits per heavy atom. The molecule has 0 saturated carbocycles. The van der Waals surface area contributed by atoms with Gasteiger partial charge in [-0.25, -0.2) is 4.39 Å². The van der Waals surface area contributed by atoms with Crippen LogP contribution in [0.5, 0.6) is 11.5 Å². The molecule has 0 amide bonds. The molecule has 0 unspecified atom stereocenters. The third kappa shape index (κ3) is 5.85. The van der Waals surface area contributed by atoms with Gasteiger partial charge in [0.05, 0.1) is 11.1 Å². The van der Waals surface area contributed by atoms with Crippen LogP contribution in [0.4, 0.5) is 4.39 Å². The number of fused-ring (bicyclic) bond motifs is 1. The number of benzene rings is 3. The first kappa shape index (κ1) is 26.8. The van der Waals surface area contributed by atoms with Gasteiger partial charge in [-0.3, -0.25) is 9.88 Å². The molecule has 1 aliphatic carbocycles. The first-order valence-electron chi connectivity index (χ1n) is 13.8. The van der Waals surface area contributed by atoms with Gasteiger partial charge in [0.15, 0.2) is 0 Å². The van der Waals surface area contributed by atoms with Crippen molar-refractivity contribution in [3.8, 4) is 22.6 Å². The third-order valence-corrected chi connectivity index (χ3v) is 8.13. The highest BCUT2D eigenvalue weighted by molar-refractivity contribution is 6.32. The second-order valence-electron chi connectivity index (χ2n) is 10.5. The maximum atomic E-state index is 14.6. The predicted molar refractivity (Wildman–Crippen MR) is 154 cm³/mol. The minimum absolute atomic E-state index is 0.195. The van der Waals surface area contributed by atoms with E-state index in [4.69, 9.17) is 21.1 Å². The van der Waals surface area contributed by atoms with E-state index in [-0.39, 0.29) is 18.0 Å². The highest BCUT2D eigenvalue weighted by Crippen LogP contribution is 2.43. The number of aliphatic hydroxyl groups is 1. The Balaban J connectivity index is 1.27. The molecule has 0 spiro atoms. The zero-order chi connectivity index (χ0) is 27.5. The van der Waals surface area contributed by atoms with E-state index >= 15 is 0 Å². The zero-order valence-corrected chi connectivity index (χ0v) is 23.0. The van der Waals surface area contributed by atoms with Crippen molar-refractivity contribution >= 4 is 11.6 Å². The molecule has 1 N–H and O–H groups in total. The van der Waals surface area contributed by atoms with Crippen molar-refractivity contribution in [1.82, 2.24) is 9.88 Å². The minimum atomic E-state index is -0.231. The van der Waals surface area contributed by atoms with E-state index in [2.05, 4.69) is 16.0 Å². The lowest BCUT2D eigenvalue weighted by molar-refractivity contribution is 0.0787. The number of hydrogen-bond donors (Lipinski definition) is 1. The summed E-state index contributed by atoms with van der Waals surface area (Å²) >= 11 is 6.81.